The van der Waals surface area contributed by atoms with Crippen molar-refractivity contribution in [2.75, 3.05) is 5.73 Å². The number of nitrogens with zero attached hydrogens (tertiary/aromatic N) is 1. The van der Waals surface area contributed by atoms with Crippen LogP contribution in [0.15, 0.2) is 65.4 Å². The molecule has 0 saturated heterocycles. The fourth-order valence-corrected chi connectivity index (χ4v) is 2.04. The lowest BCUT2D eigenvalue weighted by molar-refractivity contribution is 0.413. The zero-order valence-electron chi connectivity index (χ0n) is 10.4. The first-order valence-electron chi connectivity index (χ1n) is 6.16. The van der Waals surface area contributed by atoms with Crippen LogP contribution in [0, 0.1) is 0 Å². The molecule has 0 unspecified atom stereocenters. The summed E-state index contributed by atoms with van der Waals surface area (Å²) >= 11 is 0. The van der Waals surface area contributed by atoms with Gasteiger partial charge in [-0.1, -0.05) is 59.8 Å². The molecule has 94 valence electrons. The molecule has 3 heteroatoms. The van der Waals surface area contributed by atoms with Crippen LogP contribution in [0.25, 0.3) is 11.1 Å². The molecule has 0 spiro atoms. The van der Waals surface area contributed by atoms with Gasteiger partial charge in [0.05, 0.1) is 5.69 Å². The van der Waals surface area contributed by atoms with Gasteiger partial charge in [0.15, 0.2) is 0 Å². The maximum absolute atomic E-state index is 5.75. The fraction of sp³-hybridized carbons (Fsp3) is 0.0625. The Kier molecular flexibility index (Phi) is 3.02. The molecule has 3 rings (SSSR count). The Morgan fingerprint density at radius 2 is 1.58 bits per heavy atom. The molecule has 1 heterocycles. The van der Waals surface area contributed by atoms with Crippen molar-refractivity contribution in [3.8, 4) is 11.1 Å². The Morgan fingerprint density at radius 1 is 0.895 bits per heavy atom. The highest BCUT2D eigenvalue weighted by Crippen LogP contribution is 2.21. The lowest BCUT2D eigenvalue weighted by atomic mass is 10.0. The molecular weight excluding hydrogens is 236 g/mol. The third-order valence-electron chi connectivity index (χ3n) is 3.11. The second-order valence-electron chi connectivity index (χ2n) is 4.46. The maximum atomic E-state index is 5.75. The SMILES string of the molecule is Nc1conc1Cc1ccc(-c2ccccc2)cc1. The van der Waals surface area contributed by atoms with Gasteiger partial charge >= 0.3 is 0 Å². The van der Waals surface area contributed by atoms with Crippen molar-refractivity contribution in [1.82, 2.24) is 5.16 Å². The molecule has 2 aromatic carbocycles. The van der Waals surface area contributed by atoms with Crippen LogP contribution in [-0.2, 0) is 6.42 Å². The van der Waals surface area contributed by atoms with Gasteiger partial charge in [0, 0.05) is 6.42 Å². The first-order valence-corrected chi connectivity index (χ1v) is 6.16. The summed E-state index contributed by atoms with van der Waals surface area (Å²) in [5, 5.41) is 3.89. The number of anilines is 1. The van der Waals surface area contributed by atoms with Gasteiger partial charge < -0.3 is 10.3 Å². The highest BCUT2D eigenvalue weighted by molar-refractivity contribution is 5.63. The van der Waals surface area contributed by atoms with Crippen LogP contribution in [0.5, 0.6) is 0 Å². The molecule has 0 atom stereocenters. The van der Waals surface area contributed by atoms with Crippen LogP contribution in [0.4, 0.5) is 5.69 Å². The summed E-state index contributed by atoms with van der Waals surface area (Å²) in [5.41, 5.74) is 10.7. The van der Waals surface area contributed by atoms with Gasteiger partial charge in [0.1, 0.15) is 12.0 Å². The van der Waals surface area contributed by atoms with E-state index in [9.17, 15) is 0 Å². The van der Waals surface area contributed by atoms with Crippen molar-refractivity contribution in [3.05, 3.63) is 72.1 Å². The minimum atomic E-state index is 0.604. The standard InChI is InChI=1S/C16H14N2O/c17-15-11-19-18-16(15)10-12-6-8-14(9-7-12)13-4-2-1-3-5-13/h1-9,11H,10,17H2. The molecule has 3 aromatic rings. The van der Waals surface area contributed by atoms with E-state index in [1.54, 1.807) is 0 Å². The van der Waals surface area contributed by atoms with E-state index < -0.39 is 0 Å². The van der Waals surface area contributed by atoms with E-state index in [1.807, 2.05) is 18.2 Å². The van der Waals surface area contributed by atoms with E-state index in [2.05, 4.69) is 41.6 Å². The smallest absolute Gasteiger partial charge is 0.147 e. The molecule has 0 radical (unpaired) electrons. The van der Waals surface area contributed by atoms with Gasteiger partial charge in [0.25, 0.3) is 0 Å². The number of hydrogen-bond acceptors (Lipinski definition) is 3. The average molecular weight is 250 g/mol. The van der Waals surface area contributed by atoms with Crippen molar-refractivity contribution in [2.24, 2.45) is 0 Å². The van der Waals surface area contributed by atoms with Crippen LogP contribution in [0.2, 0.25) is 0 Å². The van der Waals surface area contributed by atoms with E-state index >= 15 is 0 Å². The topological polar surface area (TPSA) is 52.0 Å². The van der Waals surface area contributed by atoms with E-state index in [0.29, 0.717) is 12.1 Å². The van der Waals surface area contributed by atoms with Gasteiger partial charge in [-0.2, -0.15) is 0 Å². The Morgan fingerprint density at radius 3 is 2.21 bits per heavy atom. The largest absolute Gasteiger partial charge is 0.395 e. The predicted octanol–water partition coefficient (Wildman–Crippen LogP) is 3.51. The van der Waals surface area contributed by atoms with Crippen molar-refractivity contribution in [1.29, 1.82) is 0 Å². The lowest BCUT2D eigenvalue weighted by Crippen LogP contribution is -1.93. The molecule has 0 aliphatic carbocycles. The lowest BCUT2D eigenvalue weighted by Gasteiger charge is -2.03. The van der Waals surface area contributed by atoms with E-state index in [4.69, 9.17) is 10.3 Å². The first kappa shape index (κ1) is 11.5. The van der Waals surface area contributed by atoms with E-state index in [-0.39, 0.29) is 0 Å². The van der Waals surface area contributed by atoms with Crippen LogP contribution < -0.4 is 5.73 Å². The molecule has 0 fully saturated rings. The summed E-state index contributed by atoms with van der Waals surface area (Å²) in [6.07, 6.45) is 2.16. The molecule has 0 aliphatic rings. The third kappa shape index (κ3) is 2.50. The first-order chi connectivity index (χ1) is 9.33. The van der Waals surface area contributed by atoms with Crippen molar-refractivity contribution >= 4 is 5.69 Å². The van der Waals surface area contributed by atoms with Crippen LogP contribution in [0.1, 0.15) is 11.3 Å². The number of aromatic nitrogens is 1. The van der Waals surface area contributed by atoms with E-state index in [0.717, 1.165) is 5.69 Å². The summed E-state index contributed by atoms with van der Waals surface area (Å²) in [6, 6.07) is 18.7. The number of rotatable bonds is 3. The number of nitrogen functional groups attached to an aromatic ring is 1. The summed E-state index contributed by atoms with van der Waals surface area (Å²) in [7, 11) is 0. The normalized spacial score (nSPS) is 10.5. The molecule has 0 aliphatic heterocycles. The molecular formula is C16H14N2O. The molecule has 3 nitrogen and oxygen atoms in total. The maximum Gasteiger partial charge on any atom is 0.147 e. The van der Waals surface area contributed by atoms with Gasteiger partial charge in [-0.25, -0.2) is 0 Å². The Labute approximate surface area is 111 Å². The van der Waals surface area contributed by atoms with Crippen LogP contribution >= 0.6 is 0 Å². The Balaban J connectivity index is 1.82. The minimum absolute atomic E-state index is 0.604. The highest BCUT2D eigenvalue weighted by Gasteiger charge is 2.05. The van der Waals surface area contributed by atoms with Gasteiger partial charge in [-0.05, 0) is 16.7 Å². The number of nitrogens with two attached hydrogens (primary N) is 1. The molecule has 0 bridgehead atoms. The summed E-state index contributed by atoms with van der Waals surface area (Å²) in [4.78, 5) is 0. The Hall–Kier alpha value is -2.55. The highest BCUT2D eigenvalue weighted by atomic mass is 16.5. The van der Waals surface area contributed by atoms with E-state index in [1.165, 1.54) is 23.0 Å². The van der Waals surface area contributed by atoms with Crippen molar-refractivity contribution < 1.29 is 4.52 Å². The molecule has 2 N–H and O–H groups in total. The minimum Gasteiger partial charge on any atom is -0.395 e. The quantitative estimate of drug-likeness (QED) is 0.773. The van der Waals surface area contributed by atoms with Gasteiger partial charge in [0.2, 0.25) is 0 Å². The molecule has 19 heavy (non-hydrogen) atoms. The zero-order valence-corrected chi connectivity index (χ0v) is 10.4. The number of hydrogen-bond donors (Lipinski definition) is 1. The van der Waals surface area contributed by atoms with Crippen LogP contribution in [-0.4, -0.2) is 5.16 Å². The summed E-state index contributed by atoms with van der Waals surface area (Å²) < 4.78 is 4.84. The summed E-state index contributed by atoms with van der Waals surface area (Å²) in [5.74, 6) is 0. The monoisotopic (exact) mass is 250 g/mol. The average Bonchev–Trinajstić information content (AvgIpc) is 2.86. The second kappa shape index (κ2) is 4.98. The predicted molar refractivity (Wildman–Crippen MR) is 75.6 cm³/mol. The van der Waals surface area contributed by atoms with Crippen LogP contribution in [0.3, 0.4) is 0 Å². The second-order valence-corrected chi connectivity index (χ2v) is 4.46. The Bertz CT molecular complexity index is 657. The van der Waals surface area contributed by atoms with Crippen molar-refractivity contribution in [3.63, 3.8) is 0 Å². The van der Waals surface area contributed by atoms with Gasteiger partial charge in [-0.15, -0.1) is 0 Å². The molecule has 0 saturated carbocycles. The molecule has 1 aromatic heterocycles. The fourth-order valence-electron chi connectivity index (χ4n) is 2.04. The summed E-state index contributed by atoms with van der Waals surface area (Å²) in [6.45, 7) is 0. The van der Waals surface area contributed by atoms with Gasteiger partial charge in [-0.3, -0.25) is 0 Å². The molecule has 0 amide bonds. The van der Waals surface area contributed by atoms with Crippen molar-refractivity contribution in [2.45, 2.75) is 6.42 Å². The number of benzene rings is 2. The zero-order chi connectivity index (χ0) is 13.1. The third-order valence-corrected chi connectivity index (χ3v) is 3.11.